The number of halogens is 1. The molecular weight excluding hydrogens is 321 g/mol. The van der Waals surface area contributed by atoms with E-state index in [-0.39, 0.29) is 31.4 Å². The van der Waals surface area contributed by atoms with E-state index in [1.807, 2.05) is 18.2 Å². The standard InChI is InChI=1S/C20H18FNO3/c21-19-11-5-4-7-16(19)13-22(14-18-10-6-12-24-18)20(23)15-25-17-8-2-1-3-9-17/h1-12H,13-15H2. The molecule has 0 atom stereocenters. The number of amides is 1. The molecule has 0 aliphatic carbocycles. The molecule has 0 spiro atoms. The van der Waals surface area contributed by atoms with Crippen molar-refractivity contribution in [3.63, 3.8) is 0 Å². The normalized spacial score (nSPS) is 10.4. The average molecular weight is 339 g/mol. The van der Waals surface area contributed by atoms with Gasteiger partial charge in [-0.25, -0.2) is 4.39 Å². The van der Waals surface area contributed by atoms with Crippen molar-refractivity contribution in [2.45, 2.75) is 13.1 Å². The highest BCUT2D eigenvalue weighted by atomic mass is 19.1. The summed E-state index contributed by atoms with van der Waals surface area (Å²) in [4.78, 5) is 14.1. The predicted molar refractivity (Wildman–Crippen MR) is 91.3 cm³/mol. The van der Waals surface area contributed by atoms with Crippen LogP contribution in [0.2, 0.25) is 0 Å². The van der Waals surface area contributed by atoms with Crippen LogP contribution in [0.4, 0.5) is 4.39 Å². The van der Waals surface area contributed by atoms with Gasteiger partial charge >= 0.3 is 0 Å². The van der Waals surface area contributed by atoms with Gasteiger partial charge < -0.3 is 14.1 Å². The Kier molecular flexibility index (Phi) is 5.46. The summed E-state index contributed by atoms with van der Waals surface area (Å²) in [5.41, 5.74) is 0.446. The Bertz CT molecular complexity index is 803. The van der Waals surface area contributed by atoms with Gasteiger partial charge in [0.2, 0.25) is 0 Å². The number of hydrogen-bond donors (Lipinski definition) is 0. The summed E-state index contributed by atoms with van der Waals surface area (Å²) >= 11 is 0. The minimum atomic E-state index is -0.344. The highest BCUT2D eigenvalue weighted by molar-refractivity contribution is 5.77. The summed E-state index contributed by atoms with van der Waals surface area (Å²) in [6.45, 7) is 0.266. The Morgan fingerprint density at radius 1 is 0.960 bits per heavy atom. The second kappa shape index (κ2) is 8.15. The van der Waals surface area contributed by atoms with Crippen LogP contribution in [0.25, 0.3) is 0 Å². The van der Waals surface area contributed by atoms with E-state index in [1.165, 1.54) is 11.0 Å². The maximum atomic E-state index is 14.0. The van der Waals surface area contributed by atoms with Crippen molar-refractivity contribution in [1.82, 2.24) is 4.90 Å². The Morgan fingerprint density at radius 3 is 2.44 bits per heavy atom. The number of rotatable bonds is 7. The van der Waals surface area contributed by atoms with Crippen molar-refractivity contribution in [3.8, 4) is 5.75 Å². The van der Waals surface area contributed by atoms with Gasteiger partial charge in [0.25, 0.3) is 5.91 Å². The molecule has 1 aromatic heterocycles. The lowest BCUT2D eigenvalue weighted by molar-refractivity contribution is -0.134. The summed E-state index contributed by atoms with van der Waals surface area (Å²) in [7, 11) is 0. The minimum Gasteiger partial charge on any atom is -0.484 e. The Labute approximate surface area is 145 Å². The Morgan fingerprint density at radius 2 is 1.72 bits per heavy atom. The summed E-state index contributed by atoms with van der Waals surface area (Å²) in [5.74, 6) is 0.649. The molecule has 0 saturated heterocycles. The van der Waals surface area contributed by atoms with Crippen molar-refractivity contribution in [2.75, 3.05) is 6.61 Å². The first-order chi connectivity index (χ1) is 12.2. The smallest absolute Gasteiger partial charge is 0.261 e. The van der Waals surface area contributed by atoms with Crippen molar-refractivity contribution in [2.24, 2.45) is 0 Å². The molecule has 3 rings (SSSR count). The van der Waals surface area contributed by atoms with Gasteiger partial charge in [-0.2, -0.15) is 0 Å². The summed E-state index contributed by atoms with van der Waals surface area (Å²) in [6, 6.07) is 19.0. The number of hydrogen-bond acceptors (Lipinski definition) is 3. The molecule has 128 valence electrons. The quantitative estimate of drug-likeness (QED) is 0.653. The molecule has 1 heterocycles. The van der Waals surface area contributed by atoms with E-state index in [1.54, 1.807) is 48.7 Å². The van der Waals surface area contributed by atoms with E-state index in [4.69, 9.17) is 9.15 Å². The molecule has 4 nitrogen and oxygen atoms in total. The van der Waals surface area contributed by atoms with Crippen LogP contribution in [0.15, 0.2) is 77.4 Å². The second-order valence-corrected chi connectivity index (χ2v) is 5.52. The molecule has 0 saturated carbocycles. The lowest BCUT2D eigenvalue weighted by Gasteiger charge is -2.22. The molecule has 0 fully saturated rings. The summed E-state index contributed by atoms with van der Waals surface area (Å²) in [5, 5.41) is 0. The van der Waals surface area contributed by atoms with Crippen LogP contribution < -0.4 is 4.74 Å². The largest absolute Gasteiger partial charge is 0.484 e. The molecule has 0 bridgehead atoms. The fraction of sp³-hybridized carbons (Fsp3) is 0.150. The molecule has 0 aliphatic rings. The van der Waals surface area contributed by atoms with Crippen LogP contribution in [0, 0.1) is 5.82 Å². The van der Waals surface area contributed by atoms with Crippen LogP contribution in [0.5, 0.6) is 5.75 Å². The third-order valence-corrected chi connectivity index (χ3v) is 3.70. The number of carbonyl (C=O) groups is 1. The lowest BCUT2D eigenvalue weighted by atomic mass is 10.2. The van der Waals surface area contributed by atoms with Gasteiger partial charge in [0.05, 0.1) is 12.8 Å². The van der Waals surface area contributed by atoms with Crippen molar-refractivity contribution >= 4 is 5.91 Å². The maximum absolute atomic E-state index is 14.0. The zero-order chi connectivity index (χ0) is 17.5. The lowest BCUT2D eigenvalue weighted by Crippen LogP contribution is -2.34. The predicted octanol–water partition coefficient (Wildman–Crippen LogP) is 4.03. The number of ether oxygens (including phenoxy) is 1. The maximum Gasteiger partial charge on any atom is 0.261 e. The topological polar surface area (TPSA) is 42.7 Å². The van der Waals surface area contributed by atoms with Gasteiger partial charge in [-0.1, -0.05) is 36.4 Å². The molecule has 0 unspecified atom stereocenters. The molecular formula is C20H18FNO3. The van der Waals surface area contributed by atoms with Gasteiger partial charge in [-0.15, -0.1) is 0 Å². The average Bonchev–Trinajstić information content (AvgIpc) is 3.15. The van der Waals surface area contributed by atoms with Crippen LogP contribution in [0.3, 0.4) is 0 Å². The Balaban J connectivity index is 1.71. The minimum absolute atomic E-state index is 0.126. The first-order valence-electron chi connectivity index (χ1n) is 7.94. The van der Waals surface area contributed by atoms with Crippen LogP contribution in [-0.4, -0.2) is 17.4 Å². The second-order valence-electron chi connectivity index (χ2n) is 5.52. The third kappa shape index (κ3) is 4.70. The molecule has 2 aromatic carbocycles. The van der Waals surface area contributed by atoms with Gasteiger partial charge in [0.15, 0.2) is 6.61 Å². The van der Waals surface area contributed by atoms with Gasteiger partial charge in [0, 0.05) is 12.1 Å². The zero-order valence-corrected chi connectivity index (χ0v) is 13.6. The fourth-order valence-electron chi connectivity index (χ4n) is 2.41. The van der Waals surface area contributed by atoms with Crippen molar-refractivity contribution < 1.29 is 18.3 Å². The third-order valence-electron chi connectivity index (χ3n) is 3.70. The summed E-state index contributed by atoms with van der Waals surface area (Å²) < 4.78 is 24.8. The van der Waals surface area contributed by atoms with E-state index in [9.17, 15) is 9.18 Å². The van der Waals surface area contributed by atoms with E-state index in [0.717, 1.165) is 0 Å². The Hall–Kier alpha value is -3.08. The van der Waals surface area contributed by atoms with Crippen LogP contribution in [0.1, 0.15) is 11.3 Å². The number of nitrogens with zero attached hydrogens (tertiary/aromatic N) is 1. The van der Waals surface area contributed by atoms with E-state index in [0.29, 0.717) is 17.1 Å². The number of furan rings is 1. The number of benzene rings is 2. The molecule has 5 heteroatoms. The molecule has 25 heavy (non-hydrogen) atoms. The van der Waals surface area contributed by atoms with Crippen LogP contribution in [-0.2, 0) is 17.9 Å². The van der Waals surface area contributed by atoms with Gasteiger partial charge in [-0.05, 0) is 30.3 Å². The van der Waals surface area contributed by atoms with Gasteiger partial charge in [-0.3, -0.25) is 4.79 Å². The van der Waals surface area contributed by atoms with Crippen LogP contribution >= 0.6 is 0 Å². The zero-order valence-electron chi connectivity index (χ0n) is 13.6. The SMILES string of the molecule is O=C(COc1ccccc1)N(Cc1ccco1)Cc1ccccc1F. The first kappa shape index (κ1) is 16.8. The highest BCUT2D eigenvalue weighted by Crippen LogP contribution is 2.15. The molecule has 3 aromatic rings. The monoisotopic (exact) mass is 339 g/mol. The van der Waals surface area contributed by atoms with Crippen molar-refractivity contribution in [3.05, 3.63) is 90.1 Å². The van der Waals surface area contributed by atoms with Gasteiger partial charge in [0.1, 0.15) is 17.3 Å². The molecule has 0 N–H and O–H groups in total. The number of carbonyl (C=O) groups excluding carboxylic acids is 1. The summed E-state index contributed by atoms with van der Waals surface area (Å²) in [6.07, 6.45) is 1.54. The van der Waals surface area contributed by atoms with E-state index < -0.39 is 0 Å². The molecule has 0 radical (unpaired) electrons. The molecule has 1 amide bonds. The van der Waals surface area contributed by atoms with E-state index in [2.05, 4.69) is 0 Å². The highest BCUT2D eigenvalue weighted by Gasteiger charge is 2.18. The molecule has 0 aliphatic heterocycles. The fourth-order valence-corrected chi connectivity index (χ4v) is 2.41. The van der Waals surface area contributed by atoms with E-state index >= 15 is 0 Å². The first-order valence-corrected chi connectivity index (χ1v) is 7.94. The van der Waals surface area contributed by atoms with Crippen molar-refractivity contribution in [1.29, 1.82) is 0 Å². The number of para-hydroxylation sites is 1.